The minimum atomic E-state index is -0.329. The molecule has 1 heterocycles. The minimum Gasteiger partial charge on any atom is -0.289 e. The van der Waals surface area contributed by atoms with Gasteiger partial charge in [0.15, 0.2) is 0 Å². The van der Waals surface area contributed by atoms with Crippen molar-refractivity contribution < 1.29 is 9.59 Å². The molecule has 0 spiro atoms. The van der Waals surface area contributed by atoms with Gasteiger partial charge in [-0.05, 0) is 34.9 Å². The van der Waals surface area contributed by atoms with Crippen molar-refractivity contribution in [2.24, 2.45) is 0 Å². The Morgan fingerprint density at radius 3 is 2.00 bits per heavy atom. The van der Waals surface area contributed by atoms with E-state index in [1.54, 1.807) is 0 Å². The van der Waals surface area contributed by atoms with Crippen molar-refractivity contribution in [2.45, 2.75) is 17.7 Å². The summed E-state index contributed by atoms with van der Waals surface area (Å²) in [6, 6.07) is 19.3. The number of carbonyl (C=O) groups excluding carboxylic acids is 2. The molecule has 0 saturated carbocycles. The lowest BCUT2D eigenvalue weighted by atomic mass is 10.1. The molecular formula is C20H17NO2S. The van der Waals surface area contributed by atoms with Crippen molar-refractivity contribution in [3.8, 4) is 11.1 Å². The number of hydrogen-bond donors (Lipinski definition) is 1. The number of amides is 2. The van der Waals surface area contributed by atoms with E-state index in [4.69, 9.17) is 0 Å². The molecule has 1 aliphatic carbocycles. The summed E-state index contributed by atoms with van der Waals surface area (Å²) in [5.74, 6) is -0.657. The van der Waals surface area contributed by atoms with Crippen LogP contribution in [-0.4, -0.2) is 11.8 Å². The molecule has 2 aromatic carbocycles. The zero-order valence-corrected chi connectivity index (χ0v) is 13.9. The molecule has 0 radical (unpaired) electrons. The summed E-state index contributed by atoms with van der Waals surface area (Å²) in [6.45, 7) is 0. The van der Waals surface area contributed by atoms with Gasteiger partial charge in [-0.3, -0.25) is 14.9 Å². The van der Waals surface area contributed by atoms with Crippen LogP contribution in [0.25, 0.3) is 11.1 Å². The number of imide groups is 1. The second-order valence-corrected chi connectivity index (χ2v) is 6.53. The molecule has 0 aromatic heterocycles. The highest BCUT2D eigenvalue weighted by Gasteiger charge is 2.11. The molecule has 2 aromatic rings. The Hall–Kier alpha value is -2.59. The fraction of sp³-hybridized carbons (Fsp3) is 0.100. The third kappa shape index (κ3) is 4.24. The summed E-state index contributed by atoms with van der Waals surface area (Å²) < 4.78 is 0. The van der Waals surface area contributed by atoms with Gasteiger partial charge in [0.05, 0.1) is 0 Å². The molecule has 4 rings (SSSR count). The van der Waals surface area contributed by atoms with E-state index in [2.05, 4.69) is 60.7 Å². The average molecular weight is 335 g/mol. The maximum absolute atomic E-state index is 10.0. The Bertz CT molecular complexity index is 793. The first-order chi connectivity index (χ1) is 11.7. The molecule has 2 amide bonds. The average Bonchev–Trinajstić information content (AvgIpc) is 2.96. The lowest BCUT2D eigenvalue weighted by Gasteiger charge is -2.16. The Morgan fingerprint density at radius 1 is 0.833 bits per heavy atom. The van der Waals surface area contributed by atoms with E-state index in [0.717, 1.165) is 0 Å². The fourth-order valence-corrected chi connectivity index (χ4v) is 3.41. The van der Waals surface area contributed by atoms with Gasteiger partial charge in [0.25, 0.3) is 11.8 Å². The van der Waals surface area contributed by atoms with Crippen molar-refractivity contribution in [1.29, 1.82) is 0 Å². The highest BCUT2D eigenvalue weighted by Crippen LogP contribution is 2.40. The van der Waals surface area contributed by atoms with Crippen molar-refractivity contribution in [2.75, 3.05) is 0 Å². The van der Waals surface area contributed by atoms with Crippen LogP contribution in [0.5, 0.6) is 0 Å². The van der Waals surface area contributed by atoms with Gasteiger partial charge in [-0.1, -0.05) is 66.4 Å². The summed E-state index contributed by atoms with van der Waals surface area (Å²) in [5, 5.41) is 2.03. The topological polar surface area (TPSA) is 46.2 Å². The molecule has 0 unspecified atom stereocenters. The summed E-state index contributed by atoms with van der Waals surface area (Å²) >= 11 is 1.91. The predicted octanol–water partition coefficient (Wildman–Crippen LogP) is 4.32. The first kappa shape index (κ1) is 16.3. The van der Waals surface area contributed by atoms with Gasteiger partial charge in [-0.25, -0.2) is 0 Å². The zero-order chi connectivity index (χ0) is 16.8. The third-order valence-corrected chi connectivity index (χ3v) is 4.82. The number of hydrogen-bond acceptors (Lipinski definition) is 3. The monoisotopic (exact) mass is 335 g/mol. The number of nitrogens with one attached hydrogen (secondary N) is 1. The van der Waals surface area contributed by atoms with Crippen LogP contribution in [0.1, 0.15) is 12.8 Å². The smallest absolute Gasteiger partial charge is 0.250 e. The summed E-state index contributed by atoms with van der Waals surface area (Å²) in [5.41, 5.74) is 2.64. The largest absolute Gasteiger partial charge is 0.289 e. The van der Waals surface area contributed by atoms with E-state index in [1.165, 1.54) is 45.9 Å². The van der Waals surface area contributed by atoms with Crippen LogP contribution >= 0.6 is 11.8 Å². The Labute approximate surface area is 145 Å². The molecular weight excluding hydrogens is 318 g/mol. The first-order valence-corrected chi connectivity index (χ1v) is 8.58. The number of allylic oxidation sites excluding steroid dienone is 2. The SMILES string of the molecule is C1=C(Sc2ccccc2-c2ccccc2)CC1.O=C1C=CC(=O)N1. The van der Waals surface area contributed by atoms with E-state index < -0.39 is 0 Å². The van der Waals surface area contributed by atoms with Gasteiger partial charge >= 0.3 is 0 Å². The number of benzene rings is 2. The molecule has 0 atom stereocenters. The Balaban J connectivity index is 0.000000203. The predicted molar refractivity (Wildman–Crippen MR) is 97.3 cm³/mol. The van der Waals surface area contributed by atoms with Crippen LogP contribution in [0.3, 0.4) is 0 Å². The molecule has 1 N–H and O–H groups in total. The maximum Gasteiger partial charge on any atom is 0.250 e. The second kappa shape index (κ2) is 7.79. The van der Waals surface area contributed by atoms with E-state index in [-0.39, 0.29) is 11.8 Å². The highest BCUT2D eigenvalue weighted by atomic mass is 32.2. The Kier molecular flexibility index (Phi) is 5.29. The molecule has 0 bridgehead atoms. The van der Waals surface area contributed by atoms with Crippen molar-refractivity contribution >= 4 is 23.6 Å². The normalized spacial score (nSPS) is 15.1. The fourth-order valence-electron chi connectivity index (χ4n) is 2.26. The van der Waals surface area contributed by atoms with Crippen LogP contribution in [0.2, 0.25) is 0 Å². The molecule has 2 aliphatic rings. The van der Waals surface area contributed by atoms with Gasteiger partial charge in [0.1, 0.15) is 0 Å². The highest BCUT2D eigenvalue weighted by molar-refractivity contribution is 8.03. The third-order valence-electron chi connectivity index (χ3n) is 3.61. The van der Waals surface area contributed by atoms with Crippen LogP contribution < -0.4 is 5.32 Å². The maximum atomic E-state index is 10.0. The summed E-state index contributed by atoms with van der Waals surface area (Å²) in [6.07, 6.45) is 7.21. The molecule has 120 valence electrons. The lowest BCUT2D eigenvalue weighted by molar-refractivity contribution is -0.123. The number of rotatable bonds is 3. The minimum absolute atomic E-state index is 0.329. The van der Waals surface area contributed by atoms with E-state index in [9.17, 15) is 9.59 Å². The summed E-state index contributed by atoms with van der Waals surface area (Å²) in [4.78, 5) is 22.9. The number of carbonyl (C=O) groups is 2. The van der Waals surface area contributed by atoms with Gasteiger partial charge in [0.2, 0.25) is 0 Å². The van der Waals surface area contributed by atoms with E-state index >= 15 is 0 Å². The molecule has 4 heteroatoms. The summed E-state index contributed by atoms with van der Waals surface area (Å²) in [7, 11) is 0. The van der Waals surface area contributed by atoms with Gasteiger partial charge < -0.3 is 0 Å². The van der Waals surface area contributed by atoms with Crippen LogP contribution in [0.4, 0.5) is 0 Å². The van der Waals surface area contributed by atoms with Crippen molar-refractivity contribution in [3.05, 3.63) is 77.7 Å². The second-order valence-electron chi connectivity index (χ2n) is 5.36. The van der Waals surface area contributed by atoms with Gasteiger partial charge in [0, 0.05) is 17.0 Å². The molecule has 0 saturated heterocycles. The lowest BCUT2D eigenvalue weighted by Crippen LogP contribution is -2.19. The van der Waals surface area contributed by atoms with Gasteiger partial charge in [-0.2, -0.15) is 0 Å². The van der Waals surface area contributed by atoms with E-state index in [1.807, 2.05) is 17.1 Å². The Morgan fingerprint density at radius 2 is 1.46 bits per heavy atom. The van der Waals surface area contributed by atoms with Crippen molar-refractivity contribution in [1.82, 2.24) is 5.32 Å². The zero-order valence-electron chi connectivity index (χ0n) is 13.1. The molecule has 3 nitrogen and oxygen atoms in total. The molecule has 1 aliphatic heterocycles. The van der Waals surface area contributed by atoms with Gasteiger partial charge in [-0.15, -0.1) is 0 Å². The first-order valence-electron chi connectivity index (χ1n) is 7.77. The number of thioether (sulfide) groups is 1. The molecule has 0 fully saturated rings. The van der Waals surface area contributed by atoms with Crippen LogP contribution in [-0.2, 0) is 9.59 Å². The standard InChI is InChI=1S/C16H14S.C4H3NO2/c1-2-7-13(8-3-1)15-11-4-5-12-16(15)17-14-9-6-10-14;6-3-1-2-4(7)5-3/h1-5,7-9,11-12H,6,10H2;1-2H,(H,5,6,7). The van der Waals surface area contributed by atoms with Crippen LogP contribution in [0.15, 0.2) is 82.6 Å². The quantitative estimate of drug-likeness (QED) is 0.850. The van der Waals surface area contributed by atoms with E-state index in [0.29, 0.717) is 0 Å². The van der Waals surface area contributed by atoms with Crippen molar-refractivity contribution in [3.63, 3.8) is 0 Å². The molecule has 24 heavy (non-hydrogen) atoms. The van der Waals surface area contributed by atoms with Crippen LogP contribution in [0, 0.1) is 0 Å².